The van der Waals surface area contributed by atoms with Crippen LogP contribution in [0.5, 0.6) is 0 Å². The van der Waals surface area contributed by atoms with Crippen LogP contribution in [0.1, 0.15) is 12.8 Å². The number of anilines is 2. The van der Waals surface area contributed by atoms with Gasteiger partial charge in [-0.25, -0.2) is 10.8 Å². The first kappa shape index (κ1) is 12.8. The molecule has 20 heavy (non-hydrogen) atoms. The molecular formula is C11H16N8O. The van der Waals surface area contributed by atoms with Crippen LogP contribution in [0.2, 0.25) is 0 Å². The standard InChI is InChI=1S/C11H16N8O/c12-17-9-14-10(18-4-1-8(20)2-5-18)16-11(15-9)19-6-3-13-7-19/h3,6-8,20H,1-2,4-5,12H2,(H,14,15,16,17). The van der Waals surface area contributed by atoms with E-state index in [1.165, 1.54) is 0 Å². The van der Waals surface area contributed by atoms with Gasteiger partial charge in [0.25, 0.3) is 0 Å². The Bertz CT molecular complexity index is 564. The van der Waals surface area contributed by atoms with Crippen LogP contribution in [-0.2, 0) is 0 Å². The Morgan fingerprint density at radius 3 is 2.60 bits per heavy atom. The highest BCUT2D eigenvalue weighted by Gasteiger charge is 2.20. The maximum atomic E-state index is 9.55. The van der Waals surface area contributed by atoms with Crippen molar-refractivity contribution >= 4 is 11.9 Å². The lowest BCUT2D eigenvalue weighted by Gasteiger charge is -2.29. The van der Waals surface area contributed by atoms with E-state index < -0.39 is 0 Å². The quantitative estimate of drug-likeness (QED) is 0.497. The zero-order valence-corrected chi connectivity index (χ0v) is 10.8. The van der Waals surface area contributed by atoms with Crippen molar-refractivity contribution in [3.05, 3.63) is 18.7 Å². The van der Waals surface area contributed by atoms with E-state index in [1.807, 2.05) is 4.90 Å². The summed E-state index contributed by atoms with van der Waals surface area (Å²) in [5.41, 5.74) is 2.45. The van der Waals surface area contributed by atoms with E-state index in [4.69, 9.17) is 5.84 Å². The number of aromatic nitrogens is 5. The number of nitrogen functional groups attached to an aromatic ring is 1. The molecule has 9 heteroatoms. The summed E-state index contributed by atoms with van der Waals surface area (Å²) >= 11 is 0. The summed E-state index contributed by atoms with van der Waals surface area (Å²) < 4.78 is 1.69. The van der Waals surface area contributed by atoms with Gasteiger partial charge in [0.1, 0.15) is 6.33 Å². The van der Waals surface area contributed by atoms with Crippen molar-refractivity contribution in [3.63, 3.8) is 0 Å². The van der Waals surface area contributed by atoms with Crippen LogP contribution < -0.4 is 16.2 Å². The average Bonchev–Trinajstić information content (AvgIpc) is 3.02. The summed E-state index contributed by atoms with van der Waals surface area (Å²) in [7, 11) is 0. The minimum atomic E-state index is -0.242. The van der Waals surface area contributed by atoms with E-state index in [0.29, 0.717) is 43.8 Å². The number of hydrogen-bond donors (Lipinski definition) is 3. The summed E-state index contributed by atoms with van der Waals surface area (Å²) in [6, 6.07) is 0. The van der Waals surface area contributed by atoms with Crippen molar-refractivity contribution in [1.82, 2.24) is 24.5 Å². The number of aliphatic hydroxyl groups is 1. The van der Waals surface area contributed by atoms with E-state index in [2.05, 4.69) is 25.4 Å². The Balaban J connectivity index is 1.92. The number of aliphatic hydroxyl groups excluding tert-OH is 1. The number of rotatable bonds is 3. The number of nitrogens with two attached hydrogens (primary N) is 1. The van der Waals surface area contributed by atoms with E-state index in [9.17, 15) is 5.11 Å². The van der Waals surface area contributed by atoms with Crippen molar-refractivity contribution in [2.75, 3.05) is 23.4 Å². The molecule has 106 valence electrons. The Hall–Kier alpha value is -2.26. The fourth-order valence-electron chi connectivity index (χ4n) is 2.12. The number of hydrazine groups is 1. The molecule has 0 spiro atoms. The summed E-state index contributed by atoms with van der Waals surface area (Å²) in [6.07, 6.45) is 6.18. The number of nitrogens with one attached hydrogen (secondary N) is 1. The molecule has 0 aromatic carbocycles. The van der Waals surface area contributed by atoms with Gasteiger partial charge < -0.3 is 10.0 Å². The molecular weight excluding hydrogens is 260 g/mol. The molecule has 1 fully saturated rings. The van der Waals surface area contributed by atoms with Crippen LogP contribution in [0.3, 0.4) is 0 Å². The second-order valence-corrected chi connectivity index (χ2v) is 4.59. The van der Waals surface area contributed by atoms with Crippen molar-refractivity contribution in [1.29, 1.82) is 0 Å². The van der Waals surface area contributed by atoms with Crippen LogP contribution in [-0.4, -0.2) is 48.8 Å². The van der Waals surface area contributed by atoms with Gasteiger partial charge in [-0.3, -0.25) is 9.99 Å². The zero-order valence-electron chi connectivity index (χ0n) is 10.8. The molecule has 0 aliphatic carbocycles. The molecule has 1 aliphatic heterocycles. The summed E-state index contributed by atoms with van der Waals surface area (Å²) in [5.74, 6) is 6.70. The minimum absolute atomic E-state index is 0.242. The molecule has 9 nitrogen and oxygen atoms in total. The molecule has 4 N–H and O–H groups in total. The topological polar surface area (TPSA) is 118 Å². The van der Waals surface area contributed by atoms with E-state index in [1.54, 1.807) is 23.3 Å². The number of piperidine rings is 1. The second-order valence-electron chi connectivity index (χ2n) is 4.59. The van der Waals surface area contributed by atoms with Gasteiger partial charge in [0.15, 0.2) is 0 Å². The molecule has 3 heterocycles. The Kier molecular flexibility index (Phi) is 3.44. The van der Waals surface area contributed by atoms with Crippen molar-refractivity contribution < 1.29 is 5.11 Å². The van der Waals surface area contributed by atoms with Gasteiger partial charge in [-0.2, -0.15) is 15.0 Å². The van der Waals surface area contributed by atoms with Gasteiger partial charge in [0.2, 0.25) is 17.8 Å². The Morgan fingerprint density at radius 2 is 1.95 bits per heavy atom. The number of imidazole rings is 1. The summed E-state index contributed by atoms with van der Waals surface area (Å²) in [5, 5.41) is 9.55. The number of hydrogen-bond acceptors (Lipinski definition) is 8. The first-order chi connectivity index (χ1) is 9.76. The first-order valence-corrected chi connectivity index (χ1v) is 6.40. The van der Waals surface area contributed by atoms with Crippen molar-refractivity contribution in [2.24, 2.45) is 5.84 Å². The lowest BCUT2D eigenvalue weighted by Crippen LogP contribution is -2.37. The smallest absolute Gasteiger partial charge is 0.243 e. The Morgan fingerprint density at radius 1 is 1.20 bits per heavy atom. The molecule has 0 saturated carbocycles. The maximum Gasteiger partial charge on any atom is 0.243 e. The van der Waals surface area contributed by atoms with Crippen molar-refractivity contribution in [2.45, 2.75) is 18.9 Å². The lowest BCUT2D eigenvalue weighted by molar-refractivity contribution is 0.145. The van der Waals surface area contributed by atoms with E-state index in [-0.39, 0.29) is 6.10 Å². The minimum Gasteiger partial charge on any atom is -0.393 e. The first-order valence-electron chi connectivity index (χ1n) is 6.40. The fraction of sp³-hybridized carbons (Fsp3) is 0.455. The predicted octanol–water partition coefficient (Wildman–Crippen LogP) is -0.696. The van der Waals surface area contributed by atoms with Gasteiger partial charge in [0, 0.05) is 25.5 Å². The van der Waals surface area contributed by atoms with Gasteiger partial charge in [0.05, 0.1) is 6.10 Å². The molecule has 2 aromatic heterocycles. The zero-order chi connectivity index (χ0) is 13.9. The highest BCUT2D eigenvalue weighted by atomic mass is 16.3. The molecule has 0 radical (unpaired) electrons. The average molecular weight is 276 g/mol. The lowest BCUT2D eigenvalue weighted by atomic mass is 10.1. The summed E-state index contributed by atoms with van der Waals surface area (Å²) in [6.45, 7) is 1.41. The van der Waals surface area contributed by atoms with Gasteiger partial charge in [-0.15, -0.1) is 0 Å². The largest absolute Gasteiger partial charge is 0.393 e. The second kappa shape index (κ2) is 5.39. The van der Waals surface area contributed by atoms with E-state index in [0.717, 1.165) is 0 Å². The third kappa shape index (κ3) is 2.53. The molecule has 1 aliphatic rings. The molecule has 1 saturated heterocycles. The summed E-state index contributed by atoms with van der Waals surface area (Å²) in [4.78, 5) is 18.9. The van der Waals surface area contributed by atoms with Crippen LogP contribution in [0, 0.1) is 0 Å². The van der Waals surface area contributed by atoms with Gasteiger partial charge in [-0.05, 0) is 12.8 Å². The predicted molar refractivity (Wildman–Crippen MR) is 72.2 cm³/mol. The molecule has 0 atom stereocenters. The highest BCUT2D eigenvalue weighted by molar-refractivity contribution is 5.40. The highest BCUT2D eigenvalue weighted by Crippen LogP contribution is 2.18. The van der Waals surface area contributed by atoms with Crippen LogP contribution in [0.25, 0.3) is 5.95 Å². The van der Waals surface area contributed by atoms with Crippen LogP contribution in [0.4, 0.5) is 11.9 Å². The SMILES string of the molecule is NNc1nc(N2CCC(O)CC2)nc(-n2ccnc2)n1. The van der Waals surface area contributed by atoms with Crippen LogP contribution >= 0.6 is 0 Å². The molecule has 3 rings (SSSR count). The van der Waals surface area contributed by atoms with Gasteiger partial charge in [-0.1, -0.05) is 0 Å². The Labute approximate surface area is 115 Å². The normalized spacial score (nSPS) is 16.4. The molecule has 0 unspecified atom stereocenters. The van der Waals surface area contributed by atoms with Gasteiger partial charge >= 0.3 is 0 Å². The fourth-order valence-corrected chi connectivity index (χ4v) is 2.12. The maximum absolute atomic E-state index is 9.55. The molecule has 0 amide bonds. The molecule has 0 bridgehead atoms. The number of nitrogens with zero attached hydrogens (tertiary/aromatic N) is 6. The van der Waals surface area contributed by atoms with Crippen LogP contribution in [0.15, 0.2) is 18.7 Å². The third-order valence-corrected chi connectivity index (χ3v) is 3.22. The van der Waals surface area contributed by atoms with E-state index >= 15 is 0 Å². The molecule has 2 aromatic rings. The monoisotopic (exact) mass is 276 g/mol. The van der Waals surface area contributed by atoms with Crippen molar-refractivity contribution in [3.8, 4) is 5.95 Å². The third-order valence-electron chi connectivity index (χ3n) is 3.22.